The number of aromatic amines is 1. The standard InChI is InChI=1S/C27H29FN6O2S/c1-17-6-12-23(22(28)14-17)34-37(35,36)21-10-7-18(8-11-21)19-15-24-27(30-16-19)33-26(32-24)13-9-20-4-2-3-5-25(29)31-20/h6-8,10-12,14-16,20,34H,2-5,9,13H2,1H3,(H2,29,31)(H,30,32,33). The van der Waals surface area contributed by atoms with Gasteiger partial charge in [0.15, 0.2) is 5.65 Å². The summed E-state index contributed by atoms with van der Waals surface area (Å²) in [7, 11) is -3.94. The molecule has 4 aromatic rings. The topological polar surface area (TPSA) is 126 Å². The van der Waals surface area contributed by atoms with Gasteiger partial charge in [0, 0.05) is 24.6 Å². The molecule has 2 aromatic carbocycles. The summed E-state index contributed by atoms with van der Waals surface area (Å²) >= 11 is 0. The van der Waals surface area contributed by atoms with E-state index in [4.69, 9.17) is 5.73 Å². The molecule has 1 aliphatic rings. The van der Waals surface area contributed by atoms with Gasteiger partial charge in [-0.3, -0.25) is 9.71 Å². The molecule has 0 amide bonds. The van der Waals surface area contributed by atoms with Gasteiger partial charge in [-0.15, -0.1) is 0 Å². The van der Waals surface area contributed by atoms with E-state index in [9.17, 15) is 12.8 Å². The number of nitrogens with one attached hydrogen (secondary N) is 2. The third kappa shape index (κ3) is 5.80. The van der Waals surface area contributed by atoms with Gasteiger partial charge in [0.25, 0.3) is 10.0 Å². The molecule has 0 radical (unpaired) electrons. The van der Waals surface area contributed by atoms with Crippen molar-refractivity contribution >= 4 is 32.7 Å². The van der Waals surface area contributed by atoms with Crippen molar-refractivity contribution in [1.82, 2.24) is 15.0 Å². The van der Waals surface area contributed by atoms with E-state index in [0.29, 0.717) is 11.2 Å². The molecule has 0 spiro atoms. The molecule has 5 rings (SSSR count). The quantitative estimate of drug-likeness (QED) is 0.312. The first kappa shape index (κ1) is 24.9. The van der Waals surface area contributed by atoms with Crippen molar-refractivity contribution < 1.29 is 12.8 Å². The molecule has 0 bridgehead atoms. The number of pyridine rings is 1. The van der Waals surface area contributed by atoms with Crippen LogP contribution in [-0.4, -0.2) is 35.2 Å². The normalized spacial score (nSPS) is 16.4. The van der Waals surface area contributed by atoms with Crippen LogP contribution in [0.15, 0.2) is 64.6 Å². The molecule has 0 aliphatic carbocycles. The minimum absolute atomic E-state index is 0.0379. The molecule has 3 heterocycles. The van der Waals surface area contributed by atoms with Gasteiger partial charge in [0.1, 0.15) is 11.6 Å². The third-order valence-corrected chi connectivity index (χ3v) is 7.92. The molecule has 0 fully saturated rings. The van der Waals surface area contributed by atoms with E-state index >= 15 is 0 Å². The zero-order chi connectivity index (χ0) is 26.0. The molecular formula is C27H29FN6O2S. The van der Waals surface area contributed by atoms with E-state index in [1.54, 1.807) is 31.3 Å². The van der Waals surface area contributed by atoms with Crippen LogP contribution < -0.4 is 10.5 Å². The molecule has 37 heavy (non-hydrogen) atoms. The highest BCUT2D eigenvalue weighted by Crippen LogP contribution is 2.26. The number of anilines is 1. The molecule has 192 valence electrons. The van der Waals surface area contributed by atoms with Crippen molar-refractivity contribution in [2.45, 2.75) is 56.4 Å². The van der Waals surface area contributed by atoms with E-state index in [-0.39, 0.29) is 16.6 Å². The lowest BCUT2D eigenvalue weighted by molar-refractivity contribution is 0.548. The fraction of sp³-hybridized carbons (Fsp3) is 0.296. The number of imidazole rings is 1. The average Bonchev–Trinajstić information content (AvgIpc) is 3.17. The highest BCUT2D eigenvalue weighted by atomic mass is 32.2. The van der Waals surface area contributed by atoms with Gasteiger partial charge in [-0.1, -0.05) is 24.6 Å². The van der Waals surface area contributed by atoms with Crippen LogP contribution in [0.1, 0.15) is 43.5 Å². The van der Waals surface area contributed by atoms with Crippen molar-refractivity contribution in [2.75, 3.05) is 4.72 Å². The van der Waals surface area contributed by atoms with Gasteiger partial charge in [-0.25, -0.2) is 22.8 Å². The number of aryl methyl sites for hydroxylation is 2. The smallest absolute Gasteiger partial charge is 0.261 e. The summed E-state index contributed by atoms with van der Waals surface area (Å²) in [4.78, 5) is 17.1. The molecule has 10 heteroatoms. The monoisotopic (exact) mass is 520 g/mol. The maximum Gasteiger partial charge on any atom is 0.261 e. The fourth-order valence-corrected chi connectivity index (χ4v) is 5.59. The number of hydrogen-bond acceptors (Lipinski definition) is 6. The van der Waals surface area contributed by atoms with Crippen molar-refractivity contribution in [3.05, 3.63) is 71.9 Å². The maximum absolute atomic E-state index is 14.1. The zero-order valence-electron chi connectivity index (χ0n) is 20.5. The summed E-state index contributed by atoms with van der Waals surface area (Å²) in [5.74, 6) is 0.980. The van der Waals surface area contributed by atoms with E-state index < -0.39 is 15.8 Å². The lowest BCUT2D eigenvalue weighted by Gasteiger charge is -2.10. The Kier molecular flexibility index (Phi) is 6.92. The summed E-state index contributed by atoms with van der Waals surface area (Å²) < 4.78 is 42.0. The number of H-pyrrole nitrogens is 1. The van der Waals surface area contributed by atoms with Crippen molar-refractivity contribution in [1.29, 1.82) is 0 Å². The Bertz CT molecular complexity index is 1560. The van der Waals surface area contributed by atoms with E-state index in [1.807, 2.05) is 6.07 Å². The second kappa shape index (κ2) is 10.3. The Morgan fingerprint density at radius 1 is 1.11 bits per heavy atom. The number of halogens is 1. The van der Waals surface area contributed by atoms with Gasteiger partial charge in [-0.05, 0) is 67.6 Å². The Labute approximate surface area is 215 Å². The van der Waals surface area contributed by atoms with Gasteiger partial charge in [0.05, 0.1) is 28.0 Å². The summed E-state index contributed by atoms with van der Waals surface area (Å²) in [5.41, 5.74) is 9.65. The van der Waals surface area contributed by atoms with Crippen molar-refractivity contribution in [3.8, 4) is 11.1 Å². The van der Waals surface area contributed by atoms with Crippen LogP contribution in [-0.2, 0) is 16.4 Å². The van der Waals surface area contributed by atoms with E-state index in [1.165, 1.54) is 24.3 Å². The molecule has 2 aromatic heterocycles. The molecule has 1 aliphatic heterocycles. The molecular weight excluding hydrogens is 491 g/mol. The van der Waals surface area contributed by atoms with Crippen LogP contribution in [0.25, 0.3) is 22.3 Å². The maximum atomic E-state index is 14.1. The number of aliphatic imine (C=N–C) groups is 1. The number of benzene rings is 2. The first-order valence-corrected chi connectivity index (χ1v) is 13.8. The Balaban J connectivity index is 1.30. The van der Waals surface area contributed by atoms with Crippen LogP contribution in [0.3, 0.4) is 0 Å². The first-order chi connectivity index (χ1) is 17.8. The first-order valence-electron chi connectivity index (χ1n) is 12.3. The third-order valence-electron chi connectivity index (χ3n) is 6.54. The van der Waals surface area contributed by atoms with Crippen LogP contribution in [0.4, 0.5) is 10.1 Å². The number of fused-ring (bicyclic) bond motifs is 1. The number of amidine groups is 1. The van der Waals surface area contributed by atoms with Crippen LogP contribution >= 0.6 is 0 Å². The average molecular weight is 521 g/mol. The Hall–Kier alpha value is -3.79. The number of aromatic nitrogens is 3. The van der Waals surface area contributed by atoms with Crippen molar-refractivity contribution in [3.63, 3.8) is 0 Å². The summed E-state index contributed by atoms with van der Waals surface area (Å²) in [6, 6.07) is 12.9. The highest BCUT2D eigenvalue weighted by molar-refractivity contribution is 7.92. The SMILES string of the molecule is Cc1ccc(NS(=O)(=O)c2ccc(-c3cnc4nc(CCC5CCCCC(N)=N5)[nH]c4c3)cc2)c(F)c1. The number of rotatable bonds is 7. The number of hydrogen-bond donors (Lipinski definition) is 3. The highest BCUT2D eigenvalue weighted by Gasteiger charge is 2.17. The molecule has 1 unspecified atom stereocenters. The summed E-state index contributed by atoms with van der Waals surface area (Å²) in [5, 5.41) is 0. The molecule has 1 atom stereocenters. The Morgan fingerprint density at radius 2 is 1.92 bits per heavy atom. The second-order valence-corrected chi connectivity index (χ2v) is 11.1. The van der Waals surface area contributed by atoms with Gasteiger partial charge in [0.2, 0.25) is 0 Å². The van der Waals surface area contributed by atoms with E-state index in [0.717, 1.165) is 66.8 Å². The van der Waals surface area contributed by atoms with Crippen LogP contribution in [0.2, 0.25) is 0 Å². The van der Waals surface area contributed by atoms with E-state index in [2.05, 4.69) is 24.7 Å². The van der Waals surface area contributed by atoms with Crippen molar-refractivity contribution in [2.24, 2.45) is 10.7 Å². The lowest BCUT2D eigenvalue weighted by Crippen LogP contribution is -2.14. The number of nitrogens with two attached hydrogens (primary N) is 1. The number of sulfonamides is 1. The lowest BCUT2D eigenvalue weighted by atomic mass is 10.1. The van der Waals surface area contributed by atoms with Gasteiger partial charge >= 0.3 is 0 Å². The predicted octanol–water partition coefficient (Wildman–Crippen LogP) is 5.11. The largest absolute Gasteiger partial charge is 0.387 e. The Morgan fingerprint density at radius 3 is 2.70 bits per heavy atom. The molecule has 0 saturated heterocycles. The number of nitrogens with zero attached hydrogens (tertiary/aromatic N) is 3. The van der Waals surface area contributed by atoms with Gasteiger partial charge in [-0.2, -0.15) is 0 Å². The van der Waals surface area contributed by atoms with Crippen LogP contribution in [0, 0.1) is 12.7 Å². The molecule has 8 nitrogen and oxygen atoms in total. The molecule has 0 saturated carbocycles. The second-order valence-electron chi connectivity index (χ2n) is 9.45. The van der Waals surface area contributed by atoms with Crippen LogP contribution in [0.5, 0.6) is 0 Å². The minimum Gasteiger partial charge on any atom is -0.387 e. The molecule has 4 N–H and O–H groups in total. The van der Waals surface area contributed by atoms with Gasteiger partial charge < -0.3 is 10.7 Å². The summed E-state index contributed by atoms with van der Waals surface area (Å²) in [6.45, 7) is 1.74. The summed E-state index contributed by atoms with van der Waals surface area (Å²) in [6.07, 6.45) is 7.51. The predicted molar refractivity (Wildman–Crippen MR) is 143 cm³/mol. The fourth-order valence-electron chi connectivity index (χ4n) is 4.52. The zero-order valence-corrected chi connectivity index (χ0v) is 21.4. The minimum atomic E-state index is -3.94.